The van der Waals surface area contributed by atoms with Crippen molar-refractivity contribution in [2.75, 3.05) is 18.0 Å². The SMILES string of the molecule is O=C1OC2(CCN(c3ccc([N+](=O)[O-])c4nonc34)CC2)c2ccccc21. The Morgan fingerprint density at radius 1 is 1.07 bits per heavy atom. The van der Waals surface area contributed by atoms with Crippen LogP contribution in [0.25, 0.3) is 11.0 Å². The Bertz CT molecular complexity index is 1080. The highest BCUT2D eigenvalue weighted by Crippen LogP contribution is 2.45. The number of carbonyl (C=O) groups is 1. The minimum atomic E-state index is -0.605. The first-order valence-corrected chi connectivity index (χ1v) is 8.56. The molecule has 27 heavy (non-hydrogen) atoms. The fourth-order valence-electron chi connectivity index (χ4n) is 4.07. The Morgan fingerprint density at radius 3 is 2.59 bits per heavy atom. The van der Waals surface area contributed by atoms with Gasteiger partial charge in [-0.2, -0.15) is 0 Å². The van der Waals surface area contributed by atoms with Crippen LogP contribution in [-0.2, 0) is 10.3 Å². The van der Waals surface area contributed by atoms with Crippen LogP contribution in [0.5, 0.6) is 0 Å². The smallest absolute Gasteiger partial charge is 0.339 e. The second-order valence-electron chi connectivity index (χ2n) is 6.74. The van der Waals surface area contributed by atoms with Crippen LogP contribution in [-0.4, -0.2) is 34.3 Å². The van der Waals surface area contributed by atoms with E-state index < -0.39 is 10.5 Å². The Morgan fingerprint density at radius 2 is 1.81 bits per heavy atom. The maximum absolute atomic E-state index is 12.2. The molecule has 0 unspecified atom stereocenters. The zero-order chi connectivity index (χ0) is 18.6. The van der Waals surface area contributed by atoms with Crippen molar-refractivity contribution in [3.05, 3.63) is 57.6 Å². The van der Waals surface area contributed by atoms with Gasteiger partial charge in [-0.15, -0.1) is 0 Å². The molecule has 5 rings (SSSR count). The van der Waals surface area contributed by atoms with Gasteiger partial charge in [0.05, 0.1) is 16.2 Å². The topological polar surface area (TPSA) is 112 Å². The molecule has 3 aromatic rings. The summed E-state index contributed by atoms with van der Waals surface area (Å²) in [7, 11) is 0. The predicted octanol–water partition coefficient (Wildman–Crippen LogP) is 2.80. The Labute approximate surface area is 152 Å². The Balaban J connectivity index is 1.46. The average molecular weight is 366 g/mol. The van der Waals surface area contributed by atoms with Crippen molar-refractivity contribution < 1.29 is 19.1 Å². The summed E-state index contributed by atoms with van der Waals surface area (Å²) in [5.41, 5.74) is 2.05. The first-order chi connectivity index (χ1) is 13.1. The van der Waals surface area contributed by atoms with E-state index in [1.807, 2.05) is 18.2 Å². The molecule has 1 fully saturated rings. The molecule has 1 saturated heterocycles. The molecular weight excluding hydrogens is 352 g/mol. The molecule has 0 N–H and O–H groups in total. The number of nitro groups is 1. The molecular formula is C18H14N4O5. The van der Waals surface area contributed by atoms with Gasteiger partial charge in [0.15, 0.2) is 5.52 Å². The summed E-state index contributed by atoms with van der Waals surface area (Å²) in [4.78, 5) is 24.9. The van der Waals surface area contributed by atoms with E-state index in [0.29, 0.717) is 37.0 Å². The number of anilines is 1. The zero-order valence-corrected chi connectivity index (χ0v) is 14.1. The lowest BCUT2D eigenvalue weighted by molar-refractivity contribution is -0.383. The number of fused-ring (bicyclic) bond motifs is 3. The molecule has 0 amide bonds. The normalized spacial score (nSPS) is 17.9. The van der Waals surface area contributed by atoms with Gasteiger partial charge in [-0.3, -0.25) is 10.1 Å². The fourth-order valence-corrected chi connectivity index (χ4v) is 4.07. The van der Waals surface area contributed by atoms with Gasteiger partial charge in [0.1, 0.15) is 5.60 Å². The number of non-ortho nitro benzene ring substituents is 1. The van der Waals surface area contributed by atoms with Crippen molar-refractivity contribution in [1.29, 1.82) is 0 Å². The van der Waals surface area contributed by atoms with Crippen molar-refractivity contribution in [1.82, 2.24) is 10.3 Å². The summed E-state index contributed by atoms with van der Waals surface area (Å²) in [6.45, 7) is 1.22. The Hall–Kier alpha value is -3.49. The van der Waals surface area contributed by atoms with Crippen molar-refractivity contribution in [3.63, 3.8) is 0 Å². The van der Waals surface area contributed by atoms with Crippen LogP contribution in [0.1, 0.15) is 28.8 Å². The molecule has 1 spiro atoms. The largest absolute Gasteiger partial charge is 0.450 e. The summed E-state index contributed by atoms with van der Waals surface area (Å²) in [6.07, 6.45) is 1.25. The standard InChI is InChI=1S/C18H14N4O5/c23-17-11-3-1-2-4-12(11)18(26-17)7-9-21(10-8-18)13-5-6-14(22(24)25)16-15(13)19-27-20-16/h1-6H,7-10H2. The maximum atomic E-state index is 12.2. The summed E-state index contributed by atoms with van der Waals surface area (Å²) < 4.78 is 10.5. The van der Waals surface area contributed by atoms with E-state index in [2.05, 4.69) is 15.2 Å². The minimum Gasteiger partial charge on any atom is -0.450 e. The molecule has 9 heteroatoms. The first kappa shape index (κ1) is 15.7. The number of hydrogen-bond acceptors (Lipinski definition) is 8. The minimum absolute atomic E-state index is 0.135. The molecule has 136 valence electrons. The lowest BCUT2D eigenvalue weighted by Gasteiger charge is -2.39. The van der Waals surface area contributed by atoms with Crippen LogP contribution < -0.4 is 4.90 Å². The molecule has 0 atom stereocenters. The van der Waals surface area contributed by atoms with E-state index in [1.54, 1.807) is 12.1 Å². The van der Waals surface area contributed by atoms with Crippen LogP contribution >= 0.6 is 0 Å². The van der Waals surface area contributed by atoms with Crippen LogP contribution in [0.4, 0.5) is 11.4 Å². The zero-order valence-electron chi connectivity index (χ0n) is 14.1. The van der Waals surface area contributed by atoms with E-state index in [9.17, 15) is 14.9 Å². The van der Waals surface area contributed by atoms with Gasteiger partial charge in [0.2, 0.25) is 5.52 Å². The van der Waals surface area contributed by atoms with Crippen molar-refractivity contribution in [2.45, 2.75) is 18.4 Å². The van der Waals surface area contributed by atoms with Gasteiger partial charge in [0, 0.05) is 37.6 Å². The number of carbonyl (C=O) groups excluding carboxylic acids is 1. The number of piperidine rings is 1. The Kier molecular flexibility index (Phi) is 3.21. The summed E-state index contributed by atoms with van der Waals surface area (Å²) in [5.74, 6) is -0.280. The first-order valence-electron chi connectivity index (χ1n) is 8.56. The van der Waals surface area contributed by atoms with Crippen molar-refractivity contribution >= 4 is 28.4 Å². The number of hydrogen-bond donors (Lipinski definition) is 0. The van der Waals surface area contributed by atoms with Crippen LogP contribution in [0, 0.1) is 10.1 Å². The van der Waals surface area contributed by atoms with Crippen molar-refractivity contribution in [3.8, 4) is 0 Å². The molecule has 2 aromatic carbocycles. The average Bonchev–Trinajstić information content (AvgIpc) is 3.26. The molecule has 2 aliphatic heterocycles. The van der Waals surface area contributed by atoms with Gasteiger partial charge in [-0.1, -0.05) is 18.2 Å². The van der Waals surface area contributed by atoms with Gasteiger partial charge in [0.25, 0.3) is 0 Å². The highest BCUT2D eigenvalue weighted by Gasteiger charge is 2.47. The van der Waals surface area contributed by atoms with E-state index in [0.717, 1.165) is 11.3 Å². The van der Waals surface area contributed by atoms with E-state index in [4.69, 9.17) is 9.37 Å². The molecule has 0 saturated carbocycles. The maximum Gasteiger partial charge on any atom is 0.339 e. The third-order valence-electron chi connectivity index (χ3n) is 5.41. The quantitative estimate of drug-likeness (QED) is 0.387. The van der Waals surface area contributed by atoms with Crippen molar-refractivity contribution in [2.24, 2.45) is 0 Å². The number of rotatable bonds is 2. The summed E-state index contributed by atoms with van der Waals surface area (Å²) in [6, 6.07) is 10.6. The van der Waals surface area contributed by atoms with Gasteiger partial charge >= 0.3 is 11.7 Å². The summed E-state index contributed by atoms with van der Waals surface area (Å²) >= 11 is 0. The van der Waals surface area contributed by atoms with E-state index in [1.165, 1.54) is 6.07 Å². The van der Waals surface area contributed by atoms with Gasteiger partial charge < -0.3 is 9.64 Å². The highest BCUT2D eigenvalue weighted by atomic mass is 16.6. The monoisotopic (exact) mass is 366 g/mol. The lowest BCUT2D eigenvalue weighted by Crippen LogP contribution is -2.43. The number of aromatic nitrogens is 2. The van der Waals surface area contributed by atoms with Crippen LogP contribution in [0.2, 0.25) is 0 Å². The van der Waals surface area contributed by atoms with Gasteiger partial charge in [-0.05, 0) is 22.4 Å². The van der Waals surface area contributed by atoms with Crippen LogP contribution in [0.15, 0.2) is 41.0 Å². The predicted molar refractivity (Wildman–Crippen MR) is 93.4 cm³/mol. The number of ether oxygens (including phenoxy) is 1. The summed E-state index contributed by atoms with van der Waals surface area (Å²) in [5, 5.41) is 18.7. The molecule has 1 aromatic heterocycles. The lowest BCUT2D eigenvalue weighted by atomic mass is 9.83. The molecule has 2 aliphatic rings. The third kappa shape index (κ3) is 2.21. The fraction of sp³-hybridized carbons (Fsp3) is 0.278. The van der Waals surface area contributed by atoms with Gasteiger partial charge in [-0.25, -0.2) is 9.42 Å². The number of benzene rings is 2. The highest BCUT2D eigenvalue weighted by molar-refractivity contribution is 5.95. The molecule has 9 nitrogen and oxygen atoms in total. The number of nitro benzene ring substituents is 1. The molecule has 0 radical (unpaired) electrons. The van der Waals surface area contributed by atoms with E-state index >= 15 is 0 Å². The van der Waals surface area contributed by atoms with Crippen LogP contribution in [0.3, 0.4) is 0 Å². The number of nitrogens with zero attached hydrogens (tertiary/aromatic N) is 4. The molecule has 3 heterocycles. The second-order valence-corrected chi connectivity index (χ2v) is 6.74. The number of esters is 1. The van der Waals surface area contributed by atoms with E-state index in [-0.39, 0.29) is 17.2 Å². The third-order valence-corrected chi connectivity index (χ3v) is 5.41. The second kappa shape index (κ2) is 5.50. The molecule has 0 aliphatic carbocycles. The molecule has 0 bridgehead atoms.